The van der Waals surface area contributed by atoms with E-state index < -0.39 is 0 Å². The minimum absolute atomic E-state index is 0.0154. The summed E-state index contributed by atoms with van der Waals surface area (Å²) in [6.45, 7) is 0.0649. The number of rotatable bonds is 8. The van der Waals surface area contributed by atoms with E-state index in [9.17, 15) is 4.79 Å². The van der Waals surface area contributed by atoms with Gasteiger partial charge in [-0.3, -0.25) is 4.79 Å². The zero-order valence-electron chi connectivity index (χ0n) is 13.4. The minimum atomic E-state index is -0.0544. The second-order valence-electron chi connectivity index (χ2n) is 5.18. The van der Waals surface area contributed by atoms with Crippen LogP contribution < -0.4 is 4.74 Å². The van der Waals surface area contributed by atoms with E-state index in [2.05, 4.69) is 0 Å². The summed E-state index contributed by atoms with van der Waals surface area (Å²) >= 11 is 1.54. The number of hydrogen-bond acceptors (Lipinski definition) is 5. The second-order valence-corrected chi connectivity index (χ2v) is 6.49. The maximum absolute atomic E-state index is 12.6. The highest BCUT2D eigenvalue weighted by Crippen LogP contribution is 2.34. The summed E-state index contributed by atoms with van der Waals surface area (Å²) in [5.41, 5.74) is 2.03. The van der Waals surface area contributed by atoms with Gasteiger partial charge in [0.1, 0.15) is 5.75 Å². The summed E-state index contributed by atoms with van der Waals surface area (Å²) < 4.78 is 5.16. The van der Waals surface area contributed by atoms with Crippen molar-refractivity contribution in [2.75, 3.05) is 19.5 Å². The molecule has 1 atom stereocenters. The van der Waals surface area contributed by atoms with Crippen molar-refractivity contribution in [3.8, 4) is 11.8 Å². The first-order valence-corrected chi connectivity index (χ1v) is 8.62. The van der Waals surface area contributed by atoms with Crippen LogP contribution in [0.2, 0.25) is 0 Å². The molecule has 0 aliphatic rings. The van der Waals surface area contributed by atoms with Crippen molar-refractivity contribution in [2.45, 2.75) is 11.7 Å². The van der Waals surface area contributed by atoms with Gasteiger partial charge in [-0.2, -0.15) is 17.0 Å². The third-order valence-corrected chi connectivity index (χ3v) is 4.84. The van der Waals surface area contributed by atoms with Crippen LogP contribution in [0.3, 0.4) is 0 Å². The maximum atomic E-state index is 12.6. The first-order valence-electron chi connectivity index (χ1n) is 7.57. The number of Topliss-reactive ketones (excluding diaryl/α,β-unsaturated/α-hetero) is 1. The molecule has 0 amide bonds. The Morgan fingerprint density at radius 2 is 2.04 bits per heavy atom. The highest BCUT2D eigenvalue weighted by Gasteiger charge is 2.18. The van der Waals surface area contributed by atoms with Gasteiger partial charge in [0.2, 0.25) is 0 Å². The van der Waals surface area contributed by atoms with Crippen molar-refractivity contribution in [3.05, 3.63) is 65.2 Å². The van der Waals surface area contributed by atoms with Crippen LogP contribution >= 0.6 is 11.8 Å². The number of thioether (sulfide) groups is 1. The van der Waals surface area contributed by atoms with E-state index >= 15 is 0 Å². The molecule has 1 unspecified atom stereocenters. The fourth-order valence-corrected chi connectivity index (χ4v) is 3.34. The summed E-state index contributed by atoms with van der Waals surface area (Å²) in [6, 6.07) is 16.4. The summed E-state index contributed by atoms with van der Waals surface area (Å²) in [5.74, 6) is 1.30. The number of nitrogens with zero attached hydrogens (tertiary/aromatic N) is 1. The van der Waals surface area contributed by atoms with Crippen LogP contribution in [-0.4, -0.2) is 30.4 Å². The van der Waals surface area contributed by atoms with Gasteiger partial charge in [0.25, 0.3) is 0 Å². The number of carbonyl (C=O) groups is 1. The highest BCUT2D eigenvalue weighted by atomic mass is 32.2. The van der Waals surface area contributed by atoms with Crippen molar-refractivity contribution in [1.82, 2.24) is 0 Å². The lowest BCUT2D eigenvalue weighted by molar-refractivity contribution is 0.0982. The Labute approximate surface area is 146 Å². The Morgan fingerprint density at radius 3 is 2.67 bits per heavy atom. The number of aliphatic hydroxyl groups excluding tert-OH is 1. The quantitative estimate of drug-likeness (QED) is 0.743. The fraction of sp³-hybridized carbons (Fsp3) is 0.263. The maximum Gasteiger partial charge on any atom is 0.164 e. The van der Waals surface area contributed by atoms with Crippen molar-refractivity contribution in [2.24, 2.45) is 0 Å². The van der Waals surface area contributed by atoms with Gasteiger partial charge in [-0.25, -0.2) is 0 Å². The molecule has 5 heteroatoms. The number of aliphatic hydroxyl groups is 1. The van der Waals surface area contributed by atoms with Crippen molar-refractivity contribution in [1.29, 1.82) is 5.26 Å². The van der Waals surface area contributed by atoms with Crippen LogP contribution in [0.15, 0.2) is 48.5 Å². The monoisotopic (exact) mass is 341 g/mol. The number of nitriles is 1. The highest BCUT2D eigenvalue weighted by molar-refractivity contribution is 7.99. The van der Waals surface area contributed by atoms with E-state index in [1.54, 1.807) is 43.1 Å². The molecule has 124 valence electrons. The number of methoxy groups -OCH3 is 1. The topological polar surface area (TPSA) is 70.3 Å². The largest absolute Gasteiger partial charge is 0.497 e. The molecule has 24 heavy (non-hydrogen) atoms. The van der Waals surface area contributed by atoms with E-state index in [0.717, 1.165) is 11.3 Å². The molecule has 4 nitrogen and oxygen atoms in total. The van der Waals surface area contributed by atoms with Gasteiger partial charge in [-0.15, -0.1) is 0 Å². The molecule has 0 heterocycles. The van der Waals surface area contributed by atoms with Crippen molar-refractivity contribution in [3.63, 3.8) is 0 Å². The number of ether oxygens (including phenoxy) is 1. The van der Waals surface area contributed by atoms with Crippen LogP contribution in [0.1, 0.15) is 33.2 Å². The van der Waals surface area contributed by atoms with Gasteiger partial charge in [0, 0.05) is 23.0 Å². The van der Waals surface area contributed by atoms with E-state index in [1.165, 1.54) is 0 Å². The van der Waals surface area contributed by atoms with Gasteiger partial charge >= 0.3 is 0 Å². The summed E-state index contributed by atoms with van der Waals surface area (Å²) in [4.78, 5) is 12.6. The van der Waals surface area contributed by atoms with Gasteiger partial charge < -0.3 is 9.84 Å². The standard InChI is InChI=1S/C19H19NO3S/c1-23-17-7-5-15(6-8-17)19(24-10-9-21)12-18(22)16-4-2-3-14(11-16)13-20/h2-8,11,19,21H,9-10,12H2,1H3. The van der Waals surface area contributed by atoms with Gasteiger partial charge in [0.15, 0.2) is 5.78 Å². The van der Waals surface area contributed by atoms with E-state index in [-0.39, 0.29) is 17.6 Å². The Kier molecular flexibility index (Phi) is 6.86. The van der Waals surface area contributed by atoms with Gasteiger partial charge in [-0.05, 0) is 29.8 Å². The third kappa shape index (κ3) is 4.85. The Morgan fingerprint density at radius 1 is 1.29 bits per heavy atom. The number of carbonyl (C=O) groups excluding carboxylic acids is 1. The molecule has 0 fully saturated rings. The lowest BCUT2D eigenvalue weighted by Gasteiger charge is -2.16. The predicted molar refractivity (Wildman–Crippen MR) is 95.4 cm³/mol. The van der Waals surface area contributed by atoms with E-state index in [4.69, 9.17) is 15.1 Å². The normalized spacial score (nSPS) is 11.5. The molecule has 0 aromatic heterocycles. The van der Waals surface area contributed by atoms with Gasteiger partial charge in [-0.1, -0.05) is 24.3 Å². The molecule has 0 saturated heterocycles. The van der Waals surface area contributed by atoms with Crippen molar-refractivity contribution < 1.29 is 14.6 Å². The van der Waals surface area contributed by atoms with Crippen LogP contribution in [-0.2, 0) is 0 Å². The molecule has 0 spiro atoms. The molecule has 0 radical (unpaired) electrons. The van der Waals surface area contributed by atoms with E-state index in [0.29, 0.717) is 23.3 Å². The van der Waals surface area contributed by atoms with E-state index in [1.807, 2.05) is 30.3 Å². The second kappa shape index (κ2) is 9.11. The van der Waals surface area contributed by atoms with Gasteiger partial charge in [0.05, 0.1) is 25.3 Å². The number of benzene rings is 2. The van der Waals surface area contributed by atoms with Crippen LogP contribution in [0.4, 0.5) is 0 Å². The molecular formula is C19H19NO3S. The molecule has 1 N–H and O–H groups in total. The zero-order valence-corrected chi connectivity index (χ0v) is 14.3. The van der Waals surface area contributed by atoms with Crippen LogP contribution in [0.25, 0.3) is 0 Å². The molecule has 2 aromatic rings. The molecule has 0 aliphatic heterocycles. The lowest BCUT2D eigenvalue weighted by Crippen LogP contribution is -2.07. The third-order valence-electron chi connectivity index (χ3n) is 3.58. The molecular weight excluding hydrogens is 322 g/mol. The summed E-state index contributed by atoms with van der Waals surface area (Å²) in [6.07, 6.45) is 0.311. The average Bonchev–Trinajstić information content (AvgIpc) is 2.65. The number of ketones is 1. The molecule has 2 rings (SSSR count). The lowest BCUT2D eigenvalue weighted by atomic mass is 10.0. The fourth-order valence-electron chi connectivity index (χ4n) is 2.33. The average molecular weight is 341 g/mol. The van der Waals surface area contributed by atoms with Crippen molar-refractivity contribution >= 4 is 17.5 Å². The molecule has 0 saturated carbocycles. The molecule has 0 aliphatic carbocycles. The van der Waals surface area contributed by atoms with Crippen LogP contribution in [0, 0.1) is 11.3 Å². The first-order chi connectivity index (χ1) is 11.7. The first kappa shape index (κ1) is 18.1. The molecule has 2 aromatic carbocycles. The van der Waals surface area contributed by atoms with Crippen LogP contribution in [0.5, 0.6) is 5.75 Å². The minimum Gasteiger partial charge on any atom is -0.497 e. The SMILES string of the molecule is COc1ccc(C(CC(=O)c2cccc(C#N)c2)SCCO)cc1. The Balaban J connectivity index is 2.17. The summed E-state index contributed by atoms with van der Waals surface area (Å²) in [5, 5.41) is 18.0. The Hall–Kier alpha value is -2.29. The summed E-state index contributed by atoms with van der Waals surface area (Å²) in [7, 11) is 1.61. The molecule has 0 bridgehead atoms. The Bertz CT molecular complexity index is 722. The predicted octanol–water partition coefficient (Wildman–Crippen LogP) is 3.61. The zero-order chi connectivity index (χ0) is 17.4. The smallest absolute Gasteiger partial charge is 0.164 e. The number of hydrogen-bond donors (Lipinski definition) is 1.